The first-order valence-electron chi connectivity index (χ1n) is 9.77. The van der Waals surface area contributed by atoms with Gasteiger partial charge in [0.25, 0.3) is 5.91 Å². The lowest BCUT2D eigenvalue weighted by atomic mass is 10.0. The van der Waals surface area contributed by atoms with Crippen LogP contribution in [0, 0.1) is 0 Å². The van der Waals surface area contributed by atoms with Crippen LogP contribution in [0.2, 0.25) is 10.0 Å². The van der Waals surface area contributed by atoms with E-state index in [4.69, 9.17) is 23.2 Å². The second-order valence-electron chi connectivity index (χ2n) is 7.48. The standard InChI is InChI=1S/C20H27Cl2N3O2S/c1-28-11-8-18(24-19(26)16-5-2-13(21)12-17(16)22)20(27)23-14-6-9-25(10-7-14)15-3-4-15/h2,5,12,14-15,18H,3-4,6-11H2,1H3,(H,23,27)(H,24,26). The lowest BCUT2D eigenvalue weighted by molar-refractivity contribution is -0.124. The highest BCUT2D eigenvalue weighted by Crippen LogP contribution is 2.29. The summed E-state index contributed by atoms with van der Waals surface area (Å²) in [5, 5.41) is 6.74. The molecule has 1 aromatic carbocycles. The third kappa shape index (κ3) is 6.02. The van der Waals surface area contributed by atoms with Gasteiger partial charge in [-0.2, -0.15) is 11.8 Å². The molecule has 2 amide bonds. The van der Waals surface area contributed by atoms with E-state index in [0.717, 1.165) is 37.7 Å². The minimum Gasteiger partial charge on any atom is -0.351 e. The zero-order valence-electron chi connectivity index (χ0n) is 16.0. The van der Waals surface area contributed by atoms with Crippen molar-refractivity contribution >= 4 is 46.8 Å². The Balaban J connectivity index is 1.57. The van der Waals surface area contributed by atoms with E-state index in [-0.39, 0.29) is 22.9 Å². The molecule has 28 heavy (non-hydrogen) atoms. The molecule has 1 aromatic rings. The van der Waals surface area contributed by atoms with Crippen molar-refractivity contribution in [1.29, 1.82) is 0 Å². The smallest absolute Gasteiger partial charge is 0.253 e. The monoisotopic (exact) mass is 443 g/mol. The van der Waals surface area contributed by atoms with Crippen LogP contribution >= 0.6 is 35.0 Å². The summed E-state index contributed by atoms with van der Waals surface area (Å²) in [6.45, 7) is 2.08. The predicted octanol–water partition coefficient (Wildman–Crippen LogP) is 3.59. The summed E-state index contributed by atoms with van der Waals surface area (Å²) in [5.74, 6) is 0.316. The van der Waals surface area contributed by atoms with Gasteiger partial charge in [0.15, 0.2) is 0 Å². The molecule has 0 bridgehead atoms. The average molecular weight is 444 g/mol. The number of piperidine rings is 1. The summed E-state index contributed by atoms with van der Waals surface area (Å²) in [7, 11) is 0. The van der Waals surface area contributed by atoms with Crippen molar-refractivity contribution in [2.75, 3.05) is 25.1 Å². The van der Waals surface area contributed by atoms with Crippen molar-refractivity contribution < 1.29 is 9.59 Å². The molecule has 154 valence electrons. The predicted molar refractivity (Wildman–Crippen MR) is 116 cm³/mol. The summed E-state index contributed by atoms with van der Waals surface area (Å²) >= 11 is 13.7. The van der Waals surface area contributed by atoms with Gasteiger partial charge in [0.05, 0.1) is 10.6 Å². The van der Waals surface area contributed by atoms with Gasteiger partial charge in [0.1, 0.15) is 6.04 Å². The summed E-state index contributed by atoms with van der Waals surface area (Å²) in [6.07, 6.45) is 7.12. The van der Waals surface area contributed by atoms with E-state index >= 15 is 0 Å². The maximum absolute atomic E-state index is 12.8. The number of rotatable bonds is 8. The number of nitrogens with zero attached hydrogens (tertiary/aromatic N) is 1. The minimum atomic E-state index is -0.576. The molecule has 2 aliphatic rings. The van der Waals surface area contributed by atoms with Gasteiger partial charge >= 0.3 is 0 Å². The zero-order valence-corrected chi connectivity index (χ0v) is 18.4. The van der Waals surface area contributed by atoms with E-state index in [9.17, 15) is 9.59 Å². The fourth-order valence-corrected chi connectivity index (χ4v) is 4.53. The van der Waals surface area contributed by atoms with Gasteiger partial charge in [-0.25, -0.2) is 0 Å². The van der Waals surface area contributed by atoms with E-state index in [0.29, 0.717) is 17.0 Å². The van der Waals surface area contributed by atoms with Crippen LogP contribution in [0.15, 0.2) is 18.2 Å². The molecule has 2 fully saturated rings. The lowest BCUT2D eigenvalue weighted by Crippen LogP contribution is -2.52. The van der Waals surface area contributed by atoms with E-state index < -0.39 is 6.04 Å². The topological polar surface area (TPSA) is 61.4 Å². The van der Waals surface area contributed by atoms with Crippen molar-refractivity contribution in [3.63, 3.8) is 0 Å². The Morgan fingerprint density at radius 2 is 1.93 bits per heavy atom. The second kappa shape index (κ2) is 10.2. The highest BCUT2D eigenvalue weighted by molar-refractivity contribution is 7.98. The van der Waals surface area contributed by atoms with Crippen LogP contribution in [0.5, 0.6) is 0 Å². The summed E-state index contributed by atoms with van der Waals surface area (Å²) in [6, 6.07) is 5.10. The van der Waals surface area contributed by atoms with Crippen molar-refractivity contribution in [2.45, 2.75) is 50.2 Å². The number of carbonyl (C=O) groups is 2. The zero-order chi connectivity index (χ0) is 20.1. The Labute approximate surface area is 180 Å². The van der Waals surface area contributed by atoms with Crippen LogP contribution < -0.4 is 10.6 Å². The fraction of sp³-hybridized carbons (Fsp3) is 0.600. The van der Waals surface area contributed by atoms with Crippen LogP contribution in [0.25, 0.3) is 0 Å². The molecule has 5 nitrogen and oxygen atoms in total. The van der Waals surface area contributed by atoms with Crippen LogP contribution in [-0.2, 0) is 4.79 Å². The van der Waals surface area contributed by atoms with Crippen molar-refractivity contribution in [3.8, 4) is 0 Å². The molecule has 1 saturated heterocycles. The third-order valence-electron chi connectivity index (χ3n) is 5.35. The molecule has 8 heteroatoms. The van der Waals surface area contributed by atoms with Gasteiger partial charge in [-0.3, -0.25) is 9.59 Å². The third-order valence-corrected chi connectivity index (χ3v) is 6.54. The molecular formula is C20H27Cl2N3O2S. The Kier molecular flexibility index (Phi) is 7.92. The van der Waals surface area contributed by atoms with Gasteiger partial charge in [-0.05, 0) is 62.3 Å². The maximum atomic E-state index is 12.8. The molecule has 3 rings (SSSR count). The molecule has 0 spiro atoms. The van der Waals surface area contributed by atoms with Gasteiger partial charge in [0.2, 0.25) is 5.91 Å². The summed E-state index contributed by atoms with van der Waals surface area (Å²) < 4.78 is 0. The molecule has 1 aliphatic carbocycles. The first kappa shape index (κ1) is 21.8. The Hall–Kier alpha value is -0.950. The van der Waals surface area contributed by atoms with Gasteiger partial charge in [-0.1, -0.05) is 23.2 Å². The van der Waals surface area contributed by atoms with Gasteiger partial charge in [0, 0.05) is 30.2 Å². The van der Waals surface area contributed by atoms with E-state index in [1.807, 2.05) is 6.26 Å². The Bertz CT molecular complexity index is 707. The largest absolute Gasteiger partial charge is 0.351 e. The van der Waals surface area contributed by atoms with Crippen molar-refractivity contribution in [1.82, 2.24) is 15.5 Å². The van der Waals surface area contributed by atoms with Gasteiger partial charge < -0.3 is 15.5 Å². The first-order chi connectivity index (χ1) is 13.5. The molecule has 2 N–H and O–H groups in total. The fourth-order valence-electron chi connectivity index (χ4n) is 3.56. The molecule has 1 heterocycles. The number of nitrogens with one attached hydrogen (secondary N) is 2. The minimum absolute atomic E-state index is 0.114. The maximum Gasteiger partial charge on any atom is 0.253 e. The first-order valence-corrected chi connectivity index (χ1v) is 11.9. The number of thioether (sulfide) groups is 1. The number of halogens is 2. The van der Waals surface area contributed by atoms with Crippen molar-refractivity contribution in [2.24, 2.45) is 0 Å². The highest BCUT2D eigenvalue weighted by atomic mass is 35.5. The Morgan fingerprint density at radius 1 is 1.21 bits per heavy atom. The number of likely N-dealkylation sites (tertiary alicyclic amines) is 1. The molecule has 1 saturated carbocycles. The van der Waals surface area contributed by atoms with Crippen LogP contribution in [0.4, 0.5) is 0 Å². The quantitative estimate of drug-likeness (QED) is 0.644. The molecule has 0 aromatic heterocycles. The van der Waals surface area contributed by atoms with E-state index in [1.54, 1.807) is 23.9 Å². The lowest BCUT2D eigenvalue weighted by Gasteiger charge is -2.33. The number of carbonyl (C=O) groups excluding carboxylic acids is 2. The summed E-state index contributed by atoms with van der Waals surface area (Å²) in [4.78, 5) is 28.0. The normalized spacial score (nSPS) is 19.2. The molecular weight excluding hydrogens is 417 g/mol. The molecule has 1 aliphatic heterocycles. The number of hydrogen-bond donors (Lipinski definition) is 2. The van der Waals surface area contributed by atoms with Crippen molar-refractivity contribution in [3.05, 3.63) is 33.8 Å². The molecule has 1 atom stereocenters. The SMILES string of the molecule is CSCCC(NC(=O)c1ccc(Cl)cc1Cl)C(=O)NC1CCN(C2CC2)CC1. The highest BCUT2D eigenvalue weighted by Gasteiger charge is 2.33. The number of hydrogen-bond acceptors (Lipinski definition) is 4. The van der Waals surface area contributed by atoms with Crippen LogP contribution in [0.1, 0.15) is 42.5 Å². The number of amides is 2. The van der Waals surface area contributed by atoms with Crippen LogP contribution in [0.3, 0.4) is 0 Å². The second-order valence-corrected chi connectivity index (χ2v) is 9.31. The molecule has 1 unspecified atom stereocenters. The van der Waals surface area contributed by atoms with Gasteiger partial charge in [-0.15, -0.1) is 0 Å². The number of benzene rings is 1. The average Bonchev–Trinajstić information content (AvgIpc) is 3.50. The van der Waals surface area contributed by atoms with Crippen LogP contribution in [-0.4, -0.2) is 59.9 Å². The molecule has 0 radical (unpaired) electrons. The Morgan fingerprint density at radius 3 is 2.54 bits per heavy atom. The van der Waals surface area contributed by atoms with E-state index in [2.05, 4.69) is 15.5 Å². The van der Waals surface area contributed by atoms with E-state index in [1.165, 1.54) is 18.9 Å². The summed E-state index contributed by atoms with van der Waals surface area (Å²) in [5.41, 5.74) is 0.325.